The largest absolute Gasteiger partial charge is 0.506 e. The van der Waals surface area contributed by atoms with Crippen molar-refractivity contribution in [2.45, 2.75) is 0 Å². The Morgan fingerprint density at radius 3 is 2.57 bits per heavy atom. The molecule has 1 heterocycles. The molecule has 2 aromatic rings. The molecule has 0 amide bonds. The van der Waals surface area contributed by atoms with Crippen LogP contribution in [-0.2, 0) is 0 Å². The predicted molar refractivity (Wildman–Crippen MR) is 64.1 cm³/mol. The highest BCUT2D eigenvalue weighted by Crippen LogP contribution is 2.30. The zero-order valence-electron chi connectivity index (χ0n) is 7.31. The summed E-state index contributed by atoms with van der Waals surface area (Å²) in [7, 11) is 0. The summed E-state index contributed by atoms with van der Waals surface area (Å²) in [5.41, 5.74) is 1.86. The van der Waals surface area contributed by atoms with E-state index in [1.54, 1.807) is 6.20 Å². The van der Waals surface area contributed by atoms with Crippen molar-refractivity contribution in [3.05, 3.63) is 46.3 Å². The van der Waals surface area contributed by atoms with Crippen molar-refractivity contribution in [2.24, 2.45) is 0 Å². The molecule has 0 spiro atoms. The molecule has 0 saturated carbocycles. The van der Waals surface area contributed by atoms with E-state index in [0.717, 1.165) is 14.7 Å². The Labute approximate surface area is 95.8 Å². The molecule has 0 aliphatic rings. The first-order chi connectivity index (χ1) is 6.79. The van der Waals surface area contributed by atoms with Crippen LogP contribution in [-0.4, -0.2) is 10.1 Å². The van der Waals surface area contributed by atoms with Crippen LogP contribution in [0.1, 0.15) is 0 Å². The van der Waals surface area contributed by atoms with Gasteiger partial charge in [0.1, 0.15) is 5.75 Å². The molecular weight excluding hydrogens is 289 g/mol. The minimum absolute atomic E-state index is 0.219. The lowest BCUT2D eigenvalue weighted by atomic mass is 10.1. The lowest BCUT2D eigenvalue weighted by molar-refractivity contribution is 0.474. The van der Waals surface area contributed by atoms with Gasteiger partial charge in [-0.15, -0.1) is 0 Å². The Balaban J connectivity index is 2.61. The molecule has 2 rings (SSSR count). The average Bonchev–Trinajstić information content (AvgIpc) is 2.20. The molecule has 0 bridgehead atoms. The second-order valence-corrected chi connectivity index (χ2v) is 4.03. The predicted octanol–water partition coefficient (Wildman–Crippen LogP) is 3.06. The Morgan fingerprint density at radius 1 is 1.07 bits per heavy atom. The molecule has 0 atom stereocenters. The molecule has 14 heavy (non-hydrogen) atoms. The molecule has 1 N–H and O–H groups in total. The van der Waals surface area contributed by atoms with Gasteiger partial charge in [0.05, 0.1) is 6.20 Å². The van der Waals surface area contributed by atoms with E-state index in [4.69, 9.17) is 0 Å². The van der Waals surface area contributed by atoms with E-state index in [9.17, 15) is 5.11 Å². The van der Waals surface area contributed by atoms with Crippen molar-refractivity contribution in [3.8, 4) is 16.9 Å². The van der Waals surface area contributed by atoms with Gasteiger partial charge in [0.25, 0.3) is 0 Å². The van der Waals surface area contributed by atoms with Gasteiger partial charge in [-0.3, -0.25) is 4.98 Å². The minimum Gasteiger partial charge on any atom is -0.506 e. The van der Waals surface area contributed by atoms with Gasteiger partial charge in [0, 0.05) is 15.3 Å². The lowest BCUT2D eigenvalue weighted by Crippen LogP contribution is -1.83. The van der Waals surface area contributed by atoms with Crippen LogP contribution in [0.5, 0.6) is 5.75 Å². The van der Waals surface area contributed by atoms with Crippen LogP contribution in [0.25, 0.3) is 11.1 Å². The van der Waals surface area contributed by atoms with Crippen LogP contribution in [0.15, 0.2) is 42.7 Å². The second kappa shape index (κ2) is 3.96. The van der Waals surface area contributed by atoms with Gasteiger partial charge in [0.2, 0.25) is 0 Å². The molecule has 0 radical (unpaired) electrons. The van der Waals surface area contributed by atoms with Gasteiger partial charge < -0.3 is 5.11 Å². The quantitative estimate of drug-likeness (QED) is 0.821. The highest BCUT2D eigenvalue weighted by molar-refractivity contribution is 14.1. The average molecular weight is 297 g/mol. The van der Waals surface area contributed by atoms with Gasteiger partial charge in [-0.2, -0.15) is 0 Å². The number of aromatic nitrogens is 1. The molecule has 1 aromatic heterocycles. The SMILES string of the molecule is Oc1cnccc1-c1ccccc1I. The maximum atomic E-state index is 9.62. The van der Waals surface area contributed by atoms with Gasteiger partial charge in [-0.05, 0) is 40.3 Å². The van der Waals surface area contributed by atoms with Crippen molar-refractivity contribution in [2.75, 3.05) is 0 Å². The Hall–Kier alpha value is -1.10. The van der Waals surface area contributed by atoms with Crippen LogP contribution in [0.3, 0.4) is 0 Å². The maximum absolute atomic E-state index is 9.62. The summed E-state index contributed by atoms with van der Waals surface area (Å²) >= 11 is 2.25. The fourth-order valence-electron chi connectivity index (χ4n) is 1.29. The maximum Gasteiger partial charge on any atom is 0.141 e. The number of pyridine rings is 1. The summed E-state index contributed by atoms with van der Waals surface area (Å²) < 4.78 is 1.12. The summed E-state index contributed by atoms with van der Waals surface area (Å²) in [5, 5.41) is 9.62. The number of hydrogen-bond donors (Lipinski definition) is 1. The van der Waals surface area contributed by atoms with Crippen molar-refractivity contribution in [1.29, 1.82) is 0 Å². The van der Waals surface area contributed by atoms with E-state index >= 15 is 0 Å². The monoisotopic (exact) mass is 297 g/mol. The number of halogens is 1. The smallest absolute Gasteiger partial charge is 0.141 e. The zero-order chi connectivity index (χ0) is 9.97. The van der Waals surface area contributed by atoms with Crippen molar-refractivity contribution < 1.29 is 5.11 Å². The van der Waals surface area contributed by atoms with E-state index in [1.165, 1.54) is 6.20 Å². The fourth-order valence-corrected chi connectivity index (χ4v) is 1.97. The molecule has 3 heteroatoms. The number of nitrogens with zero attached hydrogens (tertiary/aromatic N) is 1. The van der Waals surface area contributed by atoms with Gasteiger partial charge in [-0.1, -0.05) is 18.2 Å². The molecule has 0 aliphatic heterocycles. The lowest BCUT2D eigenvalue weighted by Gasteiger charge is -2.05. The minimum atomic E-state index is 0.219. The van der Waals surface area contributed by atoms with Crippen LogP contribution in [0, 0.1) is 3.57 Å². The van der Waals surface area contributed by atoms with Crippen molar-refractivity contribution in [3.63, 3.8) is 0 Å². The summed E-state index contributed by atoms with van der Waals surface area (Å²) in [4.78, 5) is 3.85. The van der Waals surface area contributed by atoms with E-state index < -0.39 is 0 Å². The van der Waals surface area contributed by atoms with E-state index in [-0.39, 0.29) is 5.75 Å². The molecular formula is C11H8INO. The van der Waals surface area contributed by atoms with Gasteiger partial charge in [-0.25, -0.2) is 0 Å². The normalized spacial score (nSPS) is 10.1. The van der Waals surface area contributed by atoms with E-state index in [0.29, 0.717) is 0 Å². The molecule has 1 aromatic carbocycles. The molecule has 0 saturated heterocycles. The fraction of sp³-hybridized carbons (Fsp3) is 0. The van der Waals surface area contributed by atoms with Crippen LogP contribution in [0.2, 0.25) is 0 Å². The van der Waals surface area contributed by atoms with E-state index in [2.05, 4.69) is 27.6 Å². The van der Waals surface area contributed by atoms with E-state index in [1.807, 2.05) is 30.3 Å². The Kier molecular flexibility index (Phi) is 2.67. The molecule has 2 nitrogen and oxygen atoms in total. The molecule has 0 unspecified atom stereocenters. The first-order valence-corrected chi connectivity index (χ1v) is 5.25. The molecule has 0 aliphatic carbocycles. The summed E-state index contributed by atoms with van der Waals surface area (Å²) in [5.74, 6) is 0.219. The highest BCUT2D eigenvalue weighted by atomic mass is 127. The summed E-state index contributed by atoms with van der Waals surface area (Å²) in [6, 6.07) is 9.74. The third-order valence-electron chi connectivity index (χ3n) is 1.96. The second-order valence-electron chi connectivity index (χ2n) is 2.87. The zero-order valence-corrected chi connectivity index (χ0v) is 9.47. The summed E-state index contributed by atoms with van der Waals surface area (Å²) in [6.45, 7) is 0. The number of aromatic hydroxyl groups is 1. The highest BCUT2D eigenvalue weighted by Gasteiger charge is 2.05. The first-order valence-electron chi connectivity index (χ1n) is 4.17. The number of benzene rings is 1. The molecule has 0 fully saturated rings. The number of hydrogen-bond acceptors (Lipinski definition) is 2. The van der Waals surface area contributed by atoms with Gasteiger partial charge in [0.15, 0.2) is 0 Å². The molecule has 70 valence electrons. The third kappa shape index (κ3) is 1.72. The van der Waals surface area contributed by atoms with Crippen LogP contribution in [0.4, 0.5) is 0 Å². The van der Waals surface area contributed by atoms with Crippen LogP contribution >= 0.6 is 22.6 Å². The Morgan fingerprint density at radius 2 is 1.86 bits per heavy atom. The van der Waals surface area contributed by atoms with Crippen molar-refractivity contribution in [1.82, 2.24) is 4.98 Å². The first kappa shape index (κ1) is 9.45. The third-order valence-corrected chi connectivity index (χ3v) is 2.90. The van der Waals surface area contributed by atoms with Crippen LogP contribution < -0.4 is 0 Å². The standard InChI is InChI=1S/C11H8INO/c12-10-4-2-1-3-8(10)9-5-6-13-7-11(9)14/h1-7,14H. The van der Waals surface area contributed by atoms with Gasteiger partial charge >= 0.3 is 0 Å². The topological polar surface area (TPSA) is 33.1 Å². The summed E-state index contributed by atoms with van der Waals surface area (Å²) in [6.07, 6.45) is 3.14. The Bertz CT molecular complexity index is 413. The number of rotatable bonds is 1. The van der Waals surface area contributed by atoms with Crippen molar-refractivity contribution >= 4 is 22.6 Å².